The summed E-state index contributed by atoms with van der Waals surface area (Å²) >= 11 is 0. The molecule has 0 atom stereocenters. The van der Waals surface area contributed by atoms with E-state index in [0.717, 1.165) is 13.1 Å². The van der Waals surface area contributed by atoms with Crippen molar-refractivity contribution in [2.24, 2.45) is 0 Å². The molecule has 1 aromatic carbocycles. The Morgan fingerprint density at radius 3 is 2.61 bits per heavy atom. The number of para-hydroxylation sites is 2. The molecule has 23 heavy (non-hydrogen) atoms. The zero-order valence-corrected chi connectivity index (χ0v) is 12.9. The second-order valence-electron chi connectivity index (χ2n) is 5.03. The maximum atomic E-state index is 12.3. The molecule has 1 amide bonds. The molecule has 1 fully saturated rings. The SMILES string of the molecule is COc1ccccc1NC(=O)c1cnc(N2CCOCC2)nc1. The Morgan fingerprint density at radius 1 is 1.22 bits per heavy atom. The smallest absolute Gasteiger partial charge is 0.258 e. The lowest BCUT2D eigenvalue weighted by Gasteiger charge is -2.26. The first-order chi connectivity index (χ1) is 11.3. The van der Waals surface area contributed by atoms with Crippen LogP contribution >= 0.6 is 0 Å². The fourth-order valence-corrected chi connectivity index (χ4v) is 2.31. The van der Waals surface area contributed by atoms with Gasteiger partial charge in [0.15, 0.2) is 0 Å². The van der Waals surface area contributed by atoms with E-state index in [2.05, 4.69) is 15.3 Å². The minimum atomic E-state index is -0.275. The van der Waals surface area contributed by atoms with E-state index in [0.29, 0.717) is 36.2 Å². The minimum absolute atomic E-state index is 0.275. The number of ether oxygens (including phenoxy) is 2. The summed E-state index contributed by atoms with van der Waals surface area (Å²) in [6.07, 6.45) is 3.06. The van der Waals surface area contributed by atoms with Crippen LogP contribution in [0.4, 0.5) is 11.6 Å². The van der Waals surface area contributed by atoms with E-state index >= 15 is 0 Å². The lowest BCUT2D eigenvalue weighted by molar-refractivity contribution is 0.102. The van der Waals surface area contributed by atoms with Gasteiger partial charge in [-0.3, -0.25) is 4.79 Å². The van der Waals surface area contributed by atoms with Crippen molar-refractivity contribution in [3.8, 4) is 5.75 Å². The molecule has 7 nitrogen and oxygen atoms in total. The van der Waals surface area contributed by atoms with Crippen molar-refractivity contribution in [3.63, 3.8) is 0 Å². The van der Waals surface area contributed by atoms with Crippen molar-refractivity contribution in [3.05, 3.63) is 42.2 Å². The largest absolute Gasteiger partial charge is 0.495 e. The third kappa shape index (κ3) is 3.57. The van der Waals surface area contributed by atoms with Crippen molar-refractivity contribution in [2.75, 3.05) is 43.6 Å². The Bertz CT molecular complexity index is 669. The number of carbonyl (C=O) groups excluding carboxylic acids is 1. The van der Waals surface area contributed by atoms with Gasteiger partial charge in [0.1, 0.15) is 5.75 Å². The van der Waals surface area contributed by atoms with Gasteiger partial charge in [-0.1, -0.05) is 12.1 Å². The van der Waals surface area contributed by atoms with Crippen molar-refractivity contribution in [2.45, 2.75) is 0 Å². The van der Waals surface area contributed by atoms with Gasteiger partial charge in [0.05, 0.1) is 31.6 Å². The van der Waals surface area contributed by atoms with Crippen molar-refractivity contribution < 1.29 is 14.3 Å². The topological polar surface area (TPSA) is 76.6 Å². The van der Waals surface area contributed by atoms with Gasteiger partial charge in [0, 0.05) is 25.5 Å². The number of hydrogen-bond acceptors (Lipinski definition) is 6. The minimum Gasteiger partial charge on any atom is -0.495 e. The Morgan fingerprint density at radius 2 is 1.91 bits per heavy atom. The van der Waals surface area contributed by atoms with Crippen LogP contribution in [0.3, 0.4) is 0 Å². The predicted molar refractivity (Wildman–Crippen MR) is 86.0 cm³/mol. The van der Waals surface area contributed by atoms with Gasteiger partial charge in [-0.25, -0.2) is 9.97 Å². The lowest BCUT2D eigenvalue weighted by atomic mass is 10.2. The molecule has 0 saturated carbocycles. The van der Waals surface area contributed by atoms with Crippen molar-refractivity contribution in [1.29, 1.82) is 0 Å². The number of hydrogen-bond donors (Lipinski definition) is 1. The Labute approximate surface area is 134 Å². The van der Waals surface area contributed by atoms with E-state index < -0.39 is 0 Å². The van der Waals surface area contributed by atoms with Crippen LogP contribution in [0.5, 0.6) is 5.75 Å². The first kappa shape index (κ1) is 15.2. The monoisotopic (exact) mass is 314 g/mol. The number of amides is 1. The molecule has 0 bridgehead atoms. The maximum absolute atomic E-state index is 12.3. The van der Waals surface area contributed by atoms with Gasteiger partial charge in [0.25, 0.3) is 5.91 Å². The summed E-state index contributed by atoms with van der Waals surface area (Å²) in [6, 6.07) is 7.23. The zero-order chi connectivity index (χ0) is 16.1. The highest BCUT2D eigenvalue weighted by molar-refractivity contribution is 6.04. The van der Waals surface area contributed by atoms with Gasteiger partial charge in [-0.05, 0) is 12.1 Å². The van der Waals surface area contributed by atoms with Crippen LogP contribution in [0.2, 0.25) is 0 Å². The fourth-order valence-electron chi connectivity index (χ4n) is 2.31. The Kier molecular flexibility index (Phi) is 4.68. The summed E-state index contributed by atoms with van der Waals surface area (Å²) in [5.41, 5.74) is 1.00. The summed E-state index contributed by atoms with van der Waals surface area (Å²) in [4.78, 5) is 22.9. The fraction of sp³-hybridized carbons (Fsp3) is 0.312. The van der Waals surface area contributed by atoms with Gasteiger partial charge in [0.2, 0.25) is 5.95 Å². The van der Waals surface area contributed by atoms with Crippen LogP contribution in [0.25, 0.3) is 0 Å². The molecule has 1 N–H and O–H groups in total. The van der Waals surface area contributed by atoms with Crippen molar-refractivity contribution >= 4 is 17.5 Å². The third-order valence-electron chi connectivity index (χ3n) is 3.55. The highest BCUT2D eigenvalue weighted by atomic mass is 16.5. The van der Waals surface area contributed by atoms with Gasteiger partial charge >= 0.3 is 0 Å². The average Bonchev–Trinajstić information content (AvgIpc) is 2.63. The molecule has 3 rings (SSSR count). The summed E-state index contributed by atoms with van der Waals surface area (Å²) in [7, 11) is 1.56. The second kappa shape index (κ2) is 7.06. The van der Waals surface area contributed by atoms with Crippen LogP contribution in [0.15, 0.2) is 36.7 Å². The van der Waals surface area contributed by atoms with Crippen LogP contribution in [-0.2, 0) is 4.74 Å². The van der Waals surface area contributed by atoms with Gasteiger partial charge in [-0.2, -0.15) is 0 Å². The van der Waals surface area contributed by atoms with Gasteiger partial charge in [-0.15, -0.1) is 0 Å². The molecule has 120 valence electrons. The van der Waals surface area contributed by atoms with Crippen LogP contribution in [-0.4, -0.2) is 49.3 Å². The number of rotatable bonds is 4. The summed E-state index contributed by atoms with van der Waals surface area (Å²) < 4.78 is 10.5. The highest BCUT2D eigenvalue weighted by Gasteiger charge is 2.15. The normalized spacial score (nSPS) is 14.4. The molecule has 0 aliphatic carbocycles. The summed E-state index contributed by atoms with van der Waals surface area (Å²) in [5.74, 6) is 0.942. The number of aromatic nitrogens is 2. The lowest BCUT2D eigenvalue weighted by Crippen LogP contribution is -2.37. The molecule has 0 spiro atoms. The molecule has 1 saturated heterocycles. The van der Waals surface area contributed by atoms with E-state index in [-0.39, 0.29) is 5.91 Å². The Hall–Kier alpha value is -2.67. The zero-order valence-electron chi connectivity index (χ0n) is 12.9. The number of nitrogens with zero attached hydrogens (tertiary/aromatic N) is 3. The van der Waals surface area contributed by atoms with E-state index in [1.807, 2.05) is 17.0 Å². The number of methoxy groups -OCH3 is 1. The number of benzene rings is 1. The molecule has 1 aliphatic heterocycles. The van der Waals surface area contributed by atoms with Gasteiger partial charge < -0.3 is 19.7 Å². The maximum Gasteiger partial charge on any atom is 0.258 e. The highest BCUT2D eigenvalue weighted by Crippen LogP contribution is 2.23. The van der Waals surface area contributed by atoms with E-state index in [9.17, 15) is 4.79 Å². The van der Waals surface area contributed by atoms with Crippen LogP contribution in [0.1, 0.15) is 10.4 Å². The summed E-state index contributed by atoms with van der Waals surface area (Å²) in [6.45, 7) is 2.85. The molecule has 0 radical (unpaired) electrons. The number of anilines is 2. The average molecular weight is 314 g/mol. The first-order valence-corrected chi connectivity index (χ1v) is 7.37. The standard InChI is InChI=1S/C16H18N4O3/c1-22-14-5-3-2-4-13(14)19-15(21)12-10-17-16(18-11-12)20-6-8-23-9-7-20/h2-5,10-11H,6-9H2,1H3,(H,19,21). The quantitative estimate of drug-likeness (QED) is 0.923. The molecule has 2 heterocycles. The third-order valence-corrected chi connectivity index (χ3v) is 3.55. The van der Waals surface area contributed by atoms with E-state index in [4.69, 9.17) is 9.47 Å². The van der Waals surface area contributed by atoms with E-state index in [1.165, 1.54) is 12.4 Å². The predicted octanol–water partition coefficient (Wildman–Crippen LogP) is 1.57. The first-order valence-electron chi connectivity index (χ1n) is 7.37. The molecule has 2 aromatic rings. The Balaban J connectivity index is 1.70. The van der Waals surface area contributed by atoms with Crippen LogP contribution < -0.4 is 15.0 Å². The molecule has 1 aromatic heterocycles. The van der Waals surface area contributed by atoms with Crippen molar-refractivity contribution in [1.82, 2.24) is 9.97 Å². The number of nitrogens with one attached hydrogen (secondary N) is 1. The number of carbonyl (C=O) groups is 1. The van der Waals surface area contributed by atoms with Crippen LogP contribution in [0, 0.1) is 0 Å². The molecule has 7 heteroatoms. The molecular weight excluding hydrogens is 296 g/mol. The second-order valence-corrected chi connectivity index (χ2v) is 5.03. The molecule has 0 unspecified atom stereocenters. The molecule has 1 aliphatic rings. The molecular formula is C16H18N4O3. The van der Waals surface area contributed by atoms with E-state index in [1.54, 1.807) is 19.2 Å². The summed E-state index contributed by atoms with van der Waals surface area (Å²) in [5, 5.41) is 2.80. The number of morpholine rings is 1.